The number of anilines is 1. The van der Waals surface area contributed by atoms with Crippen LogP contribution in [0.15, 0.2) is 30.7 Å². The molecule has 4 nitrogen and oxygen atoms in total. The van der Waals surface area contributed by atoms with Crippen LogP contribution in [-0.2, 0) is 0 Å². The number of nitrogens with two attached hydrogens (primary N) is 1. The van der Waals surface area contributed by atoms with Gasteiger partial charge in [-0.3, -0.25) is 9.97 Å². The highest BCUT2D eigenvalue weighted by Gasteiger charge is 2.20. The summed E-state index contributed by atoms with van der Waals surface area (Å²) in [4.78, 5) is 8.47. The molecule has 1 atom stereocenters. The number of hydrogen-bond donors (Lipinski definition) is 2. The summed E-state index contributed by atoms with van der Waals surface area (Å²) in [7, 11) is 0. The zero-order chi connectivity index (χ0) is 14.5. The molecule has 0 saturated heterocycles. The second kappa shape index (κ2) is 6.88. The molecule has 6 heteroatoms. The summed E-state index contributed by atoms with van der Waals surface area (Å²) < 4.78 is 0. The molecule has 0 radical (unpaired) electrons. The molecule has 2 rings (SSSR count). The van der Waals surface area contributed by atoms with E-state index in [0.717, 1.165) is 18.5 Å². The molecule has 0 bridgehead atoms. The SMILES string of the molecule is CCCNC(c1cnccc1N)c1ncc(Cl)cc1Cl. The first-order valence-electron chi connectivity index (χ1n) is 6.37. The summed E-state index contributed by atoms with van der Waals surface area (Å²) in [5.41, 5.74) is 8.24. The highest BCUT2D eigenvalue weighted by atomic mass is 35.5. The van der Waals surface area contributed by atoms with Gasteiger partial charge in [0.05, 0.1) is 21.8 Å². The monoisotopic (exact) mass is 310 g/mol. The fourth-order valence-corrected chi connectivity index (χ4v) is 2.43. The van der Waals surface area contributed by atoms with Crippen molar-refractivity contribution in [3.63, 3.8) is 0 Å². The highest BCUT2D eigenvalue weighted by molar-refractivity contribution is 6.34. The lowest BCUT2D eigenvalue weighted by Gasteiger charge is -2.20. The first-order valence-corrected chi connectivity index (χ1v) is 7.12. The van der Waals surface area contributed by atoms with Gasteiger partial charge in [-0.2, -0.15) is 0 Å². The van der Waals surface area contributed by atoms with Crippen LogP contribution in [0.25, 0.3) is 0 Å². The van der Waals surface area contributed by atoms with Crippen LogP contribution in [0.4, 0.5) is 5.69 Å². The van der Waals surface area contributed by atoms with Gasteiger partial charge >= 0.3 is 0 Å². The quantitative estimate of drug-likeness (QED) is 0.887. The van der Waals surface area contributed by atoms with E-state index in [2.05, 4.69) is 22.2 Å². The van der Waals surface area contributed by atoms with E-state index in [1.54, 1.807) is 30.7 Å². The fraction of sp³-hybridized carbons (Fsp3) is 0.286. The normalized spacial score (nSPS) is 12.3. The molecule has 20 heavy (non-hydrogen) atoms. The number of hydrogen-bond acceptors (Lipinski definition) is 4. The molecule has 0 aromatic carbocycles. The van der Waals surface area contributed by atoms with E-state index in [0.29, 0.717) is 21.4 Å². The van der Waals surface area contributed by atoms with Crippen LogP contribution in [0.2, 0.25) is 10.0 Å². The molecule has 0 aliphatic heterocycles. The Kier molecular flexibility index (Phi) is 5.17. The van der Waals surface area contributed by atoms with Gasteiger partial charge in [-0.25, -0.2) is 0 Å². The molecular weight excluding hydrogens is 295 g/mol. The first kappa shape index (κ1) is 15.0. The van der Waals surface area contributed by atoms with Gasteiger partial charge in [-0.1, -0.05) is 30.1 Å². The first-order chi connectivity index (χ1) is 9.63. The smallest absolute Gasteiger partial charge is 0.0806 e. The Bertz CT molecular complexity index is 589. The van der Waals surface area contributed by atoms with Crippen molar-refractivity contribution in [3.05, 3.63) is 52.0 Å². The number of halogens is 2. The zero-order valence-electron chi connectivity index (χ0n) is 11.1. The third-order valence-corrected chi connectivity index (χ3v) is 3.42. The maximum Gasteiger partial charge on any atom is 0.0806 e. The summed E-state index contributed by atoms with van der Waals surface area (Å²) in [5, 5.41) is 4.41. The van der Waals surface area contributed by atoms with Gasteiger partial charge < -0.3 is 11.1 Å². The number of nitrogen functional groups attached to an aromatic ring is 1. The van der Waals surface area contributed by atoms with Gasteiger partial charge in [0.2, 0.25) is 0 Å². The predicted octanol–water partition coefficient (Wildman–Crippen LogP) is 3.45. The Labute approximate surface area is 128 Å². The van der Waals surface area contributed by atoms with E-state index >= 15 is 0 Å². The van der Waals surface area contributed by atoms with Crippen molar-refractivity contribution in [3.8, 4) is 0 Å². The topological polar surface area (TPSA) is 63.8 Å². The van der Waals surface area contributed by atoms with Crippen molar-refractivity contribution in [2.75, 3.05) is 12.3 Å². The van der Waals surface area contributed by atoms with Crippen LogP contribution in [0.5, 0.6) is 0 Å². The molecule has 0 spiro atoms. The van der Waals surface area contributed by atoms with Crippen LogP contribution in [0, 0.1) is 0 Å². The number of nitrogens with one attached hydrogen (secondary N) is 1. The van der Waals surface area contributed by atoms with Crippen LogP contribution in [0.3, 0.4) is 0 Å². The van der Waals surface area contributed by atoms with Gasteiger partial charge in [0.15, 0.2) is 0 Å². The third-order valence-electron chi connectivity index (χ3n) is 2.91. The summed E-state index contributed by atoms with van der Waals surface area (Å²) in [6, 6.07) is 3.24. The van der Waals surface area contributed by atoms with Gasteiger partial charge in [-0.05, 0) is 25.1 Å². The van der Waals surface area contributed by atoms with E-state index in [-0.39, 0.29) is 6.04 Å². The van der Waals surface area contributed by atoms with Crippen molar-refractivity contribution in [2.45, 2.75) is 19.4 Å². The number of aromatic nitrogens is 2. The standard InChI is InChI=1S/C14H16Cl2N4/c1-2-4-19-13(10-8-18-5-3-12(10)17)14-11(16)6-9(15)7-20-14/h3,5-8,13,19H,2,4H2,1H3,(H2,17,18). The average Bonchev–Trinajstić information content (AvgIpc) is 2.42. The molecule has 106 valence electrons. The fourth-order valence-electron chi connectivity index (χ4n) is 1.94. The second-order valence-corrected chi connectivity index (χ2v) is 5.26. The minimum atomic E-state index is -0.201. The number of pyridine rings is 2. The summed E-state index contributed by atoms with van der Waals surface area (Å²) in [5.74, 6) is 0. The molecule has 2 aromatic heterocycles. The van der Waals surface area contributed by atoms with Crippen LogP contribution in [-0.4, -0.2) is 16.5 Å². The molecule has 3 N–H and O–H groups in total. The highest BCUT2D eigenvalue weighted by Crippen LogP contribution is 2.30. The van der Waals surface area contributed by atoms with E-state index in [9.17, 15) is 0 Å². The molecule has 2 heterocycles. The van der Waals surface area contributed by atoms with Crippen LogP contribution >= 0.6 is 23.2 Å². The second-order valence-electron chi connectivity index (χ2n) is 4.41. The minimum absolute atomic E-state index is 0.201. The van der Waals surface area contributed by atoms with Crippen LogP contribution < -0.4 is 11.1 Å². The van der Waals surface area contributed by atoms with Gasteiger partial charge in [0, 0.05) is 29.8 Å². The lowest BCUT2D eigenvalue weighted by atomic mass is 10.0. The molecule has 0 fully saturated rings. The summed E-state index contributed by atoms with van der Waals surface area (Å²) >= 11 is 12.2. The van der Waals surface area contributed by atoms with Crippen molar-refractivity contribution in [2.24, 2.45) is 0 Å². The maximum absolute atomic E-state index is 6.26. The number of rotatable bonds is 5. The van der Waals surface area contributed by atoms with Crippen molar-refractivity contribution >= 4 is 28.9 Å². The predicted molar refractivity (Wildman–Crippen MR) is 83.0 cm³/mol. The van der Waals surface area contributed by atoms with Gasteiger partial charge in [0.1, 0.15) is 0 Å². The summed E-state index contributed by atoms with van der Waals surface area (Å²) in [6.07, 6.45) is 5.96. The molecule has 0 aliphatic rings. The largest absolute Gasteiger partial charge is 0.398 e. The van der Waals surface area contributed by atoms with E-state index in [1.807, 2.05) is 0 Å². The zero-order valence-corrected chi connectivity index (χ0v) is 12.6. The molecule has 0 aliphatic carbocycles. The van der Waals surface area contributed by atoms with Crippen molar-refractivity contribution in [1.82, 2.24) is 15.3 Å². The van der Waals surface area contributed by atoms with Gasteiger partial charge in [-0.15, -0.1) is 0 Å². The Morgan fingerprint density at radius 1 is 1.35 bits per heavy atom. The Morgan fingerprint density at radius 3 is 2.80 bits per heavy atom. The molecule has 2 aromatic rings. The van der Waals surface area contributed by atoms with Crippen molar-refractivity contribution in [1.29, 1.82) is 0 Å². The lowest BCUT2D eigenvalue weighted by Crippen LogP contribution is -2.25. The Balaban J connectivity index is 2.44. The number of nitrogens with zero attached hydrogens (tertiary/aromatic N) is 2. The molecular formula is C14H16Cl2N4. The molecule has 1 unspecified atom stereocenters. The lowest BCUT2D eigenvalue weighted by molar-refractivity contribution is 0.586. The van der Waals surface area contributed by atoms with E-state index < -0.39 is 0 Å². The average molecular weight is 311 g/mol. The Hall–Kier alpha value is -1.36. The molecule has 0 amide bonds. The van der Waals surface area contributed by atoms with Crippen LogP contribution in [0.1, 0.15) is 30.6 Å². The van der Waals surface area contributed by atoms with E-state index in [4.69, 9.17) is 28.9 Å². The summed E-state index contributed by atoms with van der Waals surface area (Å²) in [6.45, 7) is 2.91. The Morgan fingerprint density at radius 2 is 2.15 bits per heavy atom. The molecule has 0 saturated carbocycles. The van der Waals surface area contributed by atoms with E-state index in [1.165, 1.54) is 0 Å². The maximum atomic E-state index is 6.26. The van der Waals surface area contributed by atoms with Gasteiger partial charge in [0.25, 0.3) is 0 Å². The third kappa shape index (κ3) is 3.39. The van der Waals surface area contributed by atoms with Crippen molar-refractivity contribution < 1.29 is 0 Å². The minimum Gasteiger partial charge on any atom is -0.398 e.